The molecule has 5 nitrogen and oxygen atoms in total. The summed E-state index contributed by atoms with van der Waals surface area (Å²) in [6.07, 6.45) is 8.39. The zero-order valence-corrected chi connectivity index (χ0v) is 16.1. The van der Waals surface area contributed by atoms with E-state index in [1.54, 1.807) is 0 Å². The van der Waals surface area contributed by atoms with Gasteiger partial charge in [-0.15, -0.1) is 0 Å². The average Bonchev–Trinajstić information content (AvgIpc) is 2.87. The van der Waals surface area contributed by atoms with Crippen LogP contribution < -0.4 is 4.74 Å². The minimum Gasteiger partial charge on any atom is -0.483 e. The molecule has 1 aromatic heterocycles. The van der Waals surface area contributed by atoms with E-state index in [1.165, 1.54) is 5.56 Å². The number of aryl methyl sites for hydroxylation is 2. The second-order valence-electron chi connectivity index (χ2n) is 7.68. The molecule has 1 unspecified atom stereocenters. The van der Waals surface area contributed by atoms with Crippen molar-refractivity contribution in [2.45, 2.75) is 51.6 Å². The number of amides is 1. The fraction of sp³-hybridized carbons (Fsp3) is 0.455. The van der Waals surface area contributed by atoms with Crippen LogP contribution in [0.3, 0.4) is 0 Å². The van der Waals surface area contributed by atoms with Crippen LogP contribution in [0.4, 0.5) is 0 Å². The van der Waals surface area contributed by atoms with Crippen molar-refractivity contribution < 1.29 is 9.53 Å². The van der Waals surface area contributed by atoms with Gasteiger partial charge in [0.1, 0.15) is 11.4 Å². The number of hydrogen-bond acceptors (Lipinski definition) is 3. The molecular formula is C22H27N3O2. The average molecular weight is 365 g/mol. The number of likely N-dealkylation sites (tertiary alicyclic amines) is 1. The Balaban J connectivity index is 1.38. The lowest BCUT2D eigenvalue weighted by atomic mass is 9.91. The summed E-state index contributed by atoms with van der Waals surface area (Å²) < 4.78 is 6.38. The molecule has 1 saturated heterocycles. The van der Waals surface area contributed by atoms with Crippen LogP contribution in [-0.4, -0.2) is 39.7 Å². The SMILES string of the molecule is Cc1n[nH]c(C)c1CCC(=O)N1CCCC2(C=Cc3ccccc3O2)CC1. The van der Waals surface area contributed by atoms with Gasteiger partial charge in [-0.1, -0.05) is 24.3 Å². The van der Waals surface area contributed by atoms with Crippen LogP contribution in [0.5, 0.6) is 5.75 Å². The Hall–Kier alpha value is -2.56. The number of para-hydroxylation sites is 1. The molecule has 5 heteroatoms. The van der Waals surface area contributed by atoms with Gasteiger partial charge in [-0.3, -0.25) is 9.89 Å². The molecule has 2 aliphatic rings. The Kier molecular flexibility index (Phi) is 4.77. The Morgan fingerprint density at radius 3 is 2.93 bits per heavy atom. The van der Waals surface area contributed by atoms with Gasteiger partial charge in [0.05, 0.1) is 5.69 Å². The number of carbonyl (C=O) groups excluding carboxylic acids is 1. The summed E-state index contributed by atoms with van der Waals surface area (Å²) >= 11 is 0. The Labute approximate surface area is 160 Å². The van der Waals surface area contributed by atoms with Gasteiger partial charge in [0, 0.05) is 37.2 Å². The van der Waals surface area contributed by atoms with E-state index in [9.17, 15) is 4.79 Å². The molecule has 3 heterocycles. The Morgan fingerprint density at radius 1 is 1.26 bits per heavy atom. The smallest absolute Gasteiger partial charge is 0.222 e. The number of nitrogens with one attached hydrogen (secondary N) is 1. The summed E-state index contributed by atoms with van der Waals surface area (Å²) in [5.41, 5.74) is 4.08. The molecule has 1 aromatic carbocycles. The van der Waals surface area contributed by atoms with E-state index in [0.29, 0.717) is 6.42 Å². The van der Waals surface area contributed by atoms with Crippen LogP contribution >= 0.6 is 0 Å². The molecule has 142 valence electrons. The maximum atomic E-state index is 12.8. The molecule has 2 aromatic rings. The monoisotopic (exact) mass is 365 g/mol. The zero-order valence-electron chi connectivity index (χ0n) is 16.1. The second-order valence-corrected chi connectivity index (χ2v) is 7.68. The molecule has 1 fully saturated rings. The Bertz CT molecular complexity index is 851. The number of aromatic amines is 1. The first kappa shape index (κ1) is 17.8. The third kappa shape index (κ3) is 3.64. The third-order valence-electron chi connectivity index (χ3n) is 5.85. The fourth-order valence-corrected chi connectivity index (χ4v) is 4.19. The quantitative estimate of drug-likeness (QED) is 0.900. The molecule has 0 saturated carbocycles. The number of carbonyl (C=O) groups is 1. The van der Waals surface area contributed by atoms with Crippen molar-refractivity contribution in [3.63, 3.8) is 0 Å². The first-order valence-electron chi connectivity index (χ1n) is 9.82. The zero-order chi connectivity index (χ0) is 18.9. The summed E-state index contributed by atoms with van der Waals surface area (Å²) in [7, 11) is 0. The molecule has 0 radical (unpaired) electrons. The fourth-order valence-electron chi connectivity index (χ4n) is 4.19. The summed E-state index contributed by atoms with van der Waals surface area (Å²) in [5, 5.41) is 7.22. The van der Waals surface area contributed by atoms with E-state index in [4.69, 9.17) is 4.74 Å². The Morgan fingerprint density at radius 2 is 2.11 bits per heavy atom. The number of benzene rings is 1. The molecule has 27 heavy (non-hydrogen) atoms. The van der Waals surface area contributed by atoms with Gasteiger partial charge < -0.3 is 9.64 Å². The lowest BCUT2D eigenvalue weighted by Gasteiger charge is -2.34. The lowest BCUT2D eigenvalue weighted by Crippen LogP contribution is -2.38. The van der Waals surface area contributed by atoms with Crippen LogP contribution in [0.25, 0.3) is 6.08 Å². The minimum atomic E-state index is -0.277. The third-order valence-corrected chi connectivity index (χ3v) is 5.85. The molecule has 1 N–H and O–H groups in total. The molecule has 2 aliphatic heterocycles. The van der Waals surface area contributed by atoms with Gasteiger partial charge >= 0.3 is 0 Å². The number of hydrogen-bond donors (Lipinski definition) is 1. The minimum absolute atomic E-state index is 0.229. The molecule has 1 atom stereocenters. The lowest BCUT2D eigenvalue weighted by molar-refractivity contribution is -0.131. The van der Waals surface area contributed by atoms with Gasteiger partial charge in [-0.2, -0.15) is 5.10 Å². The highest BCUT2D eigenvalue weighted by atomic mass is 16.5. The molecule has 1 amide bonds. The van der Waals surface area contributed by atoms with Crippen molar-refractivity contribution in [2.24, 2.45) is 0 Å². The summed E-state index contributed by atoms with van der Waals surface area (Å²) in [4.78, 5) is 14.8. The van der Waals surface area contributed by atoms with E-state index < -0.39 is 0 Å². The molecule has 4 rings (SSSR count). The molecule has 0 bridgehead atoms. The summed E-state index contributed by atoms with van der Waals surface area (Å²) in [6, 6.07) is 8.15. The number of nitrogens with zero attached hydrogens (tertiary/aromatic N) is 2. The number of fused-ring (bicyclic) bond motifs is 1. The first-order valence-corrected chi connectivity index (χ1v) is 9.82. The topological polar surface area (TPSA) is 58.2 Å². The van der Waals surface area contributed by atoms with Crippen LogP contribution in [-0.2, 0) is 11.2 Å². The predicted octanol–water partition coefficient (Wildman–Crippen LogP) is 3.82. The predicted molar refractivity (Wildman–Crippen MR) is 106 cm³/mol. The van der Waals surface area contributed by atoms with Gasteiger partial charge in [-0.05, 0) is 50.8 Å². The number of ether oxygens (including phenoxy) is 1. The van der Waals surface area contributed by atoms with E-state index in [1.807, 2.05) is 36.9 Å². The second kappa shape index (κ2) is 7.22. The van der Waals surface area contributed by atoms with Gasteiger partial charge in [0.25, 0.3) is 0 Å². The normalized spacial score (nSPS) is 21.6. The molecule has 1 spiro atoms. The van der Waals surface area contributed by atoms with E-state index in [-0.39, 0.29) is 11.5 Å². The van der Waals surface area contributed by atoms with Crippen LogP contribution in [0, 0.1) is 13.8 Å². The van der Waals surface area contributed by atoms with Crippen molar-refractivity contribution in [1.82, 2.24) is 15.1 Å². The number of H-pyrrole nitrogens is 1. The van der Waals surface area contributed by atoms with Crippen molar-refractivity contribution in [3.8, 4) is 5.75 Å². The summed E-state index contributed by atoms with van der Waals surface area (Å²) in [6.45, 7) is 5.56. The van der Waals surface area contributed by atoms with E-state index in [2.05, 4.69) is 28.4 Å². The number of aromatic nitrogens is 2. The maximum Gasteiger partial charge on any atom is 0.222 e. The highest BCUT2D eigenvalue weighted by Gasteiger charge is 2.35. The maximum absolute atomic E-state index is 12.8. The van der Waals surface area contributed by atoms with Crippen molar-refractivity contribution in [2.75, 3.05) is 13.1 Å². The van der Waals surface area contributed by atoms with Crippen molar-refractivity contribution in [1.29, 1.82) is 0 Å². The van der Waals surface area contributed by atoms with Crippen LogP contribution in [0.1, 0.15) is 48.2 Å². The van der Waals surface area contributed by atoms with Crippen molar-refractivity contribution in [3.05, 3.63) is 52.9 Å². The van der Waals surface area contributed by atoms with Gasteiger partial charge in [0.15, 0.2) is 0 Å². The van der Waals surface area contributed by atoms with Crippen LogP contribution in [0.2, 0.25) is 0 Å². The van der Waals surface area contributed by atoms with Crippen molar-refractivity contribution >= 4 is 12.0 Å². The first-order chi connectivity index (χ1) is 13.1. The highest BCUT2D eigenvalue weighted by Crippen LogP contribution is 2.37. The largest absolute Gasteiger partial charge is 0.483 e. The molecular weight excluding hydrogens is 338 g/mol. The molecule has 0 aliphatic carbocycles. The standard InChI is InChI=1S/C22H27N3O2/c1-16-19(17(2)24-23-16)8-9-21(26)25-14-5-11-22(13-15-25)12-10-18-6-3-4-7-20(18)27-22/h3-4,6-7,10,12H,5,8-9,11,13-15H2,1-2H3,(H,23,24). The number of rotatable bonds is 3. The highest BCUT2D eigenvalue weighted by molar-refractivity contribution is 5.76. The van der Waals surface area contributed by atoms with Gasteiger partial charge in [-0.25, -0.2) is 0 Å². The van der Waals surface area contributed by atoms with Gasteiger partial charge in [0.2, 0.25) is 5.91 Å². The van der Waals surface area contributed by atoms with E-state index in [0.717, 1.165) is 61.5 Å². The van der Waals surface area contributed by atoms with Crippen LogP contribution in [0.15, 0.2) is 30.3 Å². The summed E-state index contributed by atoms with van der Waals surface area (Å²) in [5.74, 6) is 1.18. The van der Waals surface area contributed by atoms with E-state index >= 15 is 0 Å².